The molecule has 0 spiro atoms. The van der Waals surface area contributed by atoms with E-state index in [1.165, 1.54) is 12.3 Å². The third-order valence-electron chi connectivity index (χ3n) is 5.13. The first-order valence-corrected chi connectivity index (χ1v) is 10.6. The number of piperidine rings is 1. The zero-order valence-corrected chi connectivity index (χ0v) is 17.9. The van der Waals surface area contributed by atoms with Crippen LogP contribution in [0.2, 0.25) is 5.02 Å². The van der Waals surface area contributed by atoms with Gasteiger partial charge in [-0.3, -0.25) is 14.4 Å². The minimum absolute atomic E-state index is 0.132. The molecule has 8 heteroatoms. The molecule has 1 aliphatic rings. The summed E-state index contributed by atoms with van der Waals surface area (Å²) in [6.45, 7) is 0.724. The summed E-state index contributed by atoms with van der Waals surface area (Å²) in [6.07, 6.45) is 3.91. The molecular formula is C24H21ClN4O3. The molecule has 4 rings (SSSR count). The number of aromatic nitrogens is 1. The second-order valence-electron chi connectivity index (χ2n) is 7.40. The van der Waals surface area contributed by atoms with Crippen molar-refractivity contribution in [3.05, 3.63) is 83.1 Å². The summed E-state index contributed by atoms with van der Waals surface area (Å²) in [7, 11) is 0. The summed E-state index contributed by atoms with van der Waals surface area (Å²) >= 11 is 5.78. The average molecular weight is 449 g/mol. The molecule has 0 radical (unpaired) electrons. The Morgan fingerprint density at radius 2 is 1.50 bits per heavy atom. The first-order valence-electron chi connectivity index (χ1n) is 10.2. The standard InChI is InChI=1S/C24H21ClN4O3/c25-17-6-13-21(26-15-17)24(32)28-18-7-4-16(5-8-18)23(31)27-19-9-11-20(12-10-19)29-14-2-1-3-22(29)30/h4-13,15H,1-3,14H2,(H,27,31)(H,28,32). The molecule has 0 unspecified atom stereocenters. The normalized spacial score (nSPS) is 13.5. The van der Waals surface area contributed by atoms with Gasteiger partial charge in [-0.25, -0.2) is 4.98 Å². The molecule has 0 bridgehead atoms. The number of carbonyl (C=O) groups excluding carboxylic acids is 3. The van der Waals surface area contributed by atoms with E-state index in [9.17, 15) is 14.4 Å². The molecule has 1 fully saturated rings. The Kier molecular flexibility index (Phi) is 6.47. The van der Waals surface area contributed by atoms with Crippen molar-refractivity contribution in [3.63, 3.8) is 0 Å². The zero-order chi connectivity index (χ0) is 22.5. The zero-order valence-electron chi connectivity index (χ0n) is 17.2. The summed E-state index contributed by atoms with van der Waals surface area (Å²) in [6, 6.07) is 16.9. The number of nitrogens with zero attached hydrogens (tertiary/aromatic N) is 2. The molecule has 2 N–H and O–H groups in total. The molecule has 0 atom stereocenters. The van der Waals surface area contributed by atoms with Crippen molar-refractivity contribution in [3.8, 4) is 0 Å². The Hall–Kier alpha value is -3.71. The maximum absolute atomic E-state index is 12.6. The lowest BCUT2D eigenvalue weighted by Crippen LogP contribution is -2.35. The fourth-order valence-corrected chi connectivity index (χ4v) is 3.53. The largest absolute Gasteiger partial charge is 0.322 e. The summed E-state index contributed by atoms with van der Waals surface area (Å²) in [5.41, 5.74) is 2.70. The van der Waals surface area contributed by atoms with Gasteiger partial charge >= 0.3 is 0 Å². The smallest absolute Gasteiger partial charge is 0.274 e. The molecule has 3 amide bonds. The van der Waals surface area contributed by atoms with Gasteiger partial charge in [-0.2, -0.15) is 0 Å². The Balaban J connectivity index is 1.36. The first kappa shape index (κ1) is 21.5. The number of hydrogen-bond acceptors (Lipinski definition) is 4. The van der Waals surface area contributed by atoms with Gasteiger partial charge in [0, 0.05) is 41.8 Å². The number of pyridine rings is 1. The monoisotopic (exact) mass is 448 g/mol. The van der Waals surface area contributed by atoms with Crippen LogP contribution in [0.5, 0.6) is 0 Å². The van der Waals surface area contributed by atoms with E-state index in [-0.39, 0.29) is 23.4 Å². The van der Waals surface area contributed by atoms with Gasteiger partial charge < -0.3 is 15.5 Å². The van der Waals surface area contributed by atoms with Gasteiger partial charge in [0.15, 0.2) is 0 Å². The predicted molar refractivity (Wildman–Crippen MR) is 124 cm³/mol. The number of hydrogen-bond donors (Lipinski definition) is 2. The molecule has 32 heavy (non-hydrogen) atoms. The van der Waals surface area contributed by atoms with Gasteiger partial charge in [0.25, 0.3) is 11.8 Å². The number of halogens is 1. The van der Waals surface area contributed by atoms with Crippen molar-refractivity contribution in [1.82, 2.24) is 4.98 Å². The van der Waals surface area contributed by atoms with E-state index in [0.717, 1.165) is 25.1 Å². The summed E-state index contributed by atoms with van der Waals surface area (Å²) < 4.78 is 0. The first-order chi connectivity index (χ1) is 15.5. The minimum atomic E-state index is -0.369. The minimum Gasteiger partial charge on any atom is -0.322 e. The van der Waals surface area contributed by atoms with E-state index in [0.29, 0.717) is 28.4 Å². The molecule has 1 aromatic heterocycles. The molecule has 0 saturated carbocycles. The lowest BCUT2D eigenvalue weighted by atomic mass is 10.1. The van der Waals surface area contributed by atoms with Crippen molar-refractivity contribution in [2.75, 3.05) is 22.1 Å². The van der Waals surface area contributed by atoms with Crippen LogP contribution in [0.1, 0.15) is 40.1 Å². The van der Waals surface area contributed by atoms with Crippen LogP contribution in [0, 0.1) is 0 Å². The van der Waals surface area contributed by atoms with Gasteiger partial charge in [0.05, 0.1) is 5.02 Å². The van der Waals surface area contributed by atoms with Gasteiger partial charge in [-0.05, 0) is 73.5 Å². The van der Waals surface area contributed by atoms with E-state index in [1.807, 2.05) is 12.1 Å². The number of carbonyl (C=O) groups is 3. The van der Waals surface area contributed by atoms with E-state index >= 15 is 0 Å². The molecule has 7 nitrogen and oxygen atoms in total. The van der Waals surface area contributed by atoms with Crippen LogP contribution in [0.3, 0.4) is 0 Å². The number of anilines is 3. The van der Waals surface area contributed by atoms with E-state index < -0.39 is 0 Å². The lowest BCUT2D eigenvalue weighted by Gasteiger charge is -2.26. The van der Waals surface area contributed by atoms with Crippen molar-refractivity contribution in [2.24, 2.45) is 0 Å². The molecule has 0 aliphatic carbocycles. The predicted octanol–water partition coefficient (Wildman–Crippen LogP) is 4.76. The molecule has 1 aliphatic heterocycles. The third kappa shape index (κ3) is 5.12. The van der Waals surface area contributed by atoms with Crippen LogP contribution in [-0.2, 0) is 4.79 Å². The van der Waals surface area contributed by atoms with E-state index in [2.05, 4.69) is 15.6 Å². The quantitative estimate of drug-likeness (QED) is 0.588. The highest BCUT2D eigenvalue weighted by atomic mass is 35.5. The van der Waals surface area contributed by atoms with Crippen molar-refractivity contribution < 1.29 is 14.4 Å². The number of amides is 3. The van der Waals surface area contributed by atoms with Gasteiger partial charge in [0.2, 0.25) is 5.91 Å². The SMILES string of the molecule is O=C(Nc1ccc(N2CCCCC2=O)cc1)c1ccc(NC(=O)c2ccc(Cl)cn2)cc1. The van der Waals surface area contributed by atoms with E-state index in [4.69, 9.17) is 11.6 Å². The van der Waals surface area contributed by atoms with E-state index in [1.54, 1.807) is 47.4 Å². The molecular weight excluding hydrogens is 428 g/mol. The molecule has 3 aromatic rings. The highest BCUT2D eigenvalue weighted by Gasteiger charge is 2.19. The molecule has 2 aromatic carbocycles. The molecule has 2 heterocycles. The van der Waals surface area contributed by atoms with Crippen LogP contribution < -0.4 is 15.5 Å². The van der Waals surface area contributed by atoms with Crippen LogP contribution >= 0.6 is 11.6 Å². The number of nitrogens with one attached hydrogen (secondary N) is 2. The number of benzene rings is 2. The van der Waals surface area contributed by atoms with Crippen LogP contribution in [0.15, 0.2) is 66.9 Å². The highest BCUT2D eigenvalue weighted by molar-refractivity contribution is 6.30. The number of rotatable bonds is 5. The second kappa shape index (κ2) is 9.62. The molecule has 162 valence electrons. The lowest BCUT2D eigenvalue weighted by molar-refractivity contribution is -0.119. The summed E-state index contributed by atoms with van der Waals surface area (Å²) in [5, 5.41) is 6.02. The van der Waals surface area contributed by atoms with Crippen molar-refractivity contribution in [1.29, 1.82) is 0 Å². The highest BCUT2D eigenvalue weighted by Crippen LogP contribution is 2.23. The third-order valence-corrected chi connectivity index (χ3v) is 5.35. The maximum Gasteiger partial charge on any atom is 0.274 e. The second-order valence-corrected chi connectivity index (χ2v) is 7.83. The Morgan fingerprint density at radius 3 is 2.12 bits per heavy atom. The Labute approximate surface area is 190 Å². The fraction of sp³-hybridized carbons (Fsp3) is 0.167. The van der Waals surface area contributed by atoms with Crippen LogP contribution in [0.4, 0.5) is 17.1 Å². The maximum atomic E-state index is 12.6. The topological polar surface area (TPSA) is 91.4 Å². The van der Waals surface area contributed by atoms with Gasteiger partial charge in [0.1, 0.15) is 5.69 Å². The summed E-state index contributed by atoms with van der Waals surface area (Å²) in [5.74, 6) is -0.512. The molecule has 1 saturated heterocycles. The summed E-state index contributed by atoms with van der Waals surface area (Å²) in [4.78, 5) is 42.6. The fourth-order valence-electron chi connectivity index (χ4n) is 3.42. The van der Waals surface area contributed by atoms with Gasteiger partial charge in [-0.1, -0.05) is 11.6 Å². The Bertz CT molecular complexity index is 1130. The van der Waals surface area contributed by atoms with Crippen molar-refractivity contribution in [2.45, 2.75) is 19.3 Å². The Morgan fingerprint density at radius 1 is 0.844 bits per heavy atom. The van der Waals surface area contributed by atoms with Gasteiger partial charge in [-0.15, -0.1) is 0 Å². The van der Waals surface area contributed by atoms with Crippen molar-refractivity contribution >= 4 is 46.4 Å². The van der Waals surface area contributed by atoms with Crippen LogP contribution in [0.25, 0.3) is 0 Å². The van der Waals surface area contributed by atoms with Crippen LogP contribution in [-0.4, -0.2) is 29.3 Å². The average Bonchev–Trinajstić information content (AvgIpc) is 2.81.